The Balaban J connectivity index is 1.79. The number of aromatic nitrogens is 2. The quantitative estimate of drug-likeness (QED) is 0.795. The zero-order chi connectivity index (χ0) is 13.5. The van der Waals surface area contributed by atoms with Crippen molar-refractivity contribution in [3.05, 3.63) is 23.4 Å². The van der Waals surface area contributed by atoms with Gasteiger partial charge in [-0.25, -0.2) is 0 Å². The molecular formula is C13H15N3OS2. The van der Waals surface area contributed by atoms with Crippen molar-refractivity contribution in [2.75, 3.05) is 0 Å². The smallest absolute Gasteiger partial charge is 0.257 e. The van der Waals surface area contributed by atoms with Crippen LogP contribution in [0.25, 0.3) is 20.2 Å². The Bertz CT molecular complexity index is 661. The fourth-order valence-corrected chi connectivity index (χ4v) is 3.67. The normalized spacial score (nSPS) is 12.4. The van der Waals surface area contributed by atoms with Crippen molar-refractivity contribution in [1.29, 1.82) is 0 Å². The van der Waals surface area contributed by atoms with Gasteiger partial charge in [-0.2, -0.15) is 0 Å². The van der Waals surface area contributed by atoms with E-state index in [-0.39, 0.29) is 5.54 Å². The second-order valence-electron chi connectivity index (χ2n) is 5.36. The van der Waals surface area contributed by atoms with Crippen molar-refractivity contribution in [3.63, 3.8) is 0 Å². The van der Waals surface area contributed by atoms with Crippen molar-refractivity contribution in [2.24, 2.45) is 0 Å². The van der Waals surface area contributed by atoms with Crippen LogP contribution in [0.15, 0.2) is 21.9 Å². The molecule has 4 nitrogen and oxygen atoms in total. The Hall–Kier alpha value is -1.24. The Morgan fingerprint density at radius 3 is 2.84 bits per heavy atom. The lowest BCUT2D eigenvalue weighted by Crippen LogP contribution is -2.35. The number of hydrogen-bond acceptors (Lipinski definition) is 6. The van der Waals surface area contributed by atoms with Gasteiger partial charge in [0.1, 0.15) is 0 Å². The summed E-state index contributed by atoms with van der Waals surface area (Å²) in [6, 6.07) is 4.23. The van der Waals surface area contributed by atoms with Gasteiger partial charge in [-0.3, -0.25) is 0 Å². The van der Waals surface area contributed by atoms with Gasteiger partial charge in [0.15, 0.2) is 0 Å². The van der Waals surface area contributed by atoms with E-state index in [1.165, 1.54) is 9.40 Å². The number of rotatable bonds is 3. The predicted molar refractivity (Wildman–Crippen MR) is 79.6 cm³/mol. The van der Waals surface area contributed by atoms with Crippen LogP contribution in [0.2, 0.25) is 0 Å². The predicted octanol–water partition coefficient (Wildman–Crippen LogP) is 3.90. The molecule has 0 saturated heterocycles. The van der Waals surface area contributed by atoms with Crippen LogP contribution in [0.1, 0.15) is 26.7 Å². The molecule has 0 atom stereocenters. The molecule has 100 valence electrons. The molecule has 1 N–H and O–H groups in total. The minimum atomic E-state index is 0.0418. The van der Waals surface area contributed by atoms with Crippen molar-refractivity contribution in [3.8, 4) is 10.8 Å². The second-order valence-corrected chi connectivity index (χ2v) is 7.40. The average Bonchev–Trinajstić information content (AvgIpc) is 2.99. The van der Waals surface area contributed by atoms with Crippen LogP contribution < -0.4 is 5.32 Å². The maximum absolute atomic E-state index is 5.69. The van der Waals surface area contributed by atoms with Crippen LogP contribution in [-0.4, -0.2) is 15.7 Å². The molecule has 3 aromatic rings. The number of thiophene rings is 2. The lowest BCUT2D eigenvalue weighted by atomic mass is 10.1. The lowest BCUT2D eigenvalue weighted by molar-refractivity contribution is 0.384. The van der Waals surface area contributed by atoms with Crippen LogP contribution >= 0.6 is 22.7 Å². The molecule has 3 heterocycles. The van der Waals surface area contributed by atoms with Gasteiger partial charge in [0.05, 0.1) is 11.4 Å². The minimum Gasteiger partial charge on any atom is -0.419 e. The van der Waals surface area contributed by atoms with Crippen molar-refractivity contribution in [1.82, 2.24) is 15.5 Å². The van der Waals surface area contributed by atoms with E-state index in [0.29, 0.717) is 18.3 Å². The van der Waals surface area contributed by atoms with E-state index in [4.69, 9.17) is 4.42 Å². The SMILES string of the molecule is CC(C)(C)NCc1nnc(-c2cc3sccc3s2)o1. The van der Waals surface area contributed by atoms with Gasteiger partial charge < -0.3 is 9.73 Å². The molecule has 0 radical (unpaired) electrons. The first-order chi connectivity index (χ1) is 9.01. The van der Waals surface area contributed by atoms with Crippen LogP contribution in [-0.2, 0) is 6.54 Å². The molecule has 0 fully saturated rings. The van der Waals surface area contributed by atoms with Gasteiger partial charge in [-0.15, -0.1) is 32.9 Å². The minimum absolute atomic E-state index is 0.0418. The lowest BCUT2D eigenvalue weighted by Gasteiger charge is -2.18. The van der Waals surface area contributed by atoms with E-state index in [2.05, 4.69) is 53.8 Å². The molecule has 0 amide bonds. The summed E-state index contributed by atoms with van der Waals surface area (Å²) >= 11 is 3.42. The fraction of sp³-hybridized carbons (Fsp3) is 0.385. The van der Waals surface area contributed by atoms with Gasteiger partial charge in [-0.1, -0.05) is 0 Å². The van der Waals surface area contributed by atoms with E-state index in [0.717, 1.165) is 4.88 Å². The average molecular weight is 293 g/mol. The number of hydrogen-bond donors (Lipinski definition) is 1. The standard InChI is InChI=1S/C13H15N3OS2/c1-13(2,3)14-7-11-15-16-12(17-11)10-6-9-8(19-10)4-5-18-9/h4-6,14H,7H2,1-3H3. The zero-order valence-corrected chi connectivity index (χ0v) is 12.7. The molecule has 0 bridgehead atoms. The second kappa shape index (κ2) is 4.70. The molecule has 0 unspecified atom stereocenters. The monoisotopic (exact) mass is 293 g/mol. The van der Waals surface area contributed by atoms with Crippen LogP contribution in [0.3, 0.4) is 0 Å². The summed E-state index contributed by atoms with van der Waals surface area (Å²) in [4.78, 5) is 1.04. The van der Waals surface area contributed by atoms with Gasteiger partial charge in [0.2, 0.25) is 5.89 Å². The van der Waals surface area contributed by atoms with Crippen LogP contribution in [0.5, 0.6) is 0 Å². The van der Waals surface area contributed by atoms with Gasteiger partial charge in [0.25, 0.3) is 5.89 Å². The molecule has 19 heavy (non-hydrogen) atoms. The van der Waals surface area contributed by atoms with Crippen molar-refractivity contribution in [2.45, 2.75) is 32.9 Å². The van der Waals surface area contributed by atoms with Crippen molar-refractivity contribution >= 4 is 32.1 Å². The van der Waals surface area contributed by atoms with Gasteiger partial charge in [-0.05, 0) is 38.3 Å². The van der Waals surface area contributed by atoms with Crippen molar-refractivity contribution < 1.29 is 4.42 Å². The first kappa shape index (κ1) is 12.8. The topological polar surface area (TPSA) is 51.0 Å². The van der Waals surface area contributed by atoms with E-state index in [1.54, 1.807) is 22.7 Å². The highest BCUT2D eigenvalue weighted by Crippen LogP contribution is 2.35. The number of nitrogens with zero attached hydrogens (tertiary/aromatic N) is 2. The van der Waals surface area contributed by atoms with Gasteiger partial charge >= 0.3 is 0 Å². The Morgan fingerprint density at radius 2 is 2.11 bits per heavy atom. The third-order valence-electron chi connectivity index (χ3n) is 2.59. The van der Waals surface area contributed by atoms with E-state index in [1.807, 2.05) is 0 Å². The zero-order valence-electron chi connectivity index (χ0n) is 11.1. The molecule has 3 rings (SSSR count). The first-order valence-corrected chi connectivity index (χ1v) is 7.76. The fourth-order valence-electron chi connectivity index (χ4n) is 1.64. The summed E-state index contributed by atoms with van der Waals surface area (Å²) < 4.78 is 8.24. The molecule has 3 aromatic heterocycles. The summed E-state index contributed by atoms with van der Waals surface area (Å²) in [5, 5.41) is 13.6. The Labute approximate surface area is 119 Å². The highest BCUT2D eigenvalue weighted by Gasteiger charge is 2.14. The summed E-state index contributed by atoms with van der Waals surface area (Å²) in [6.45, 7) is 6.92. The largest absolute Gasteiger partial charge is 0.419 e. The maximum atomic E-state index is 5.69. The van der Waals surface area contributed by atoms with E-state index < -0.39 is 0 Å². The highest BCUT2D eigenvalue weighted by molar-refractivity contribution is 7.28. The Kier molecular flexibility index (Phi) is 3.16. The summed E-state index contributed by atoms with van der Waals surface area (Å²) in [5.74, 6) is 1.24. The third-order valence-corrected chi connectivity index (χ3v) is 4.67. The Morgan fingerprint density at radius 1 is 1.26 bits per heavy atom. The van der Waals surface area contributed by atoms with E-state index in [9.17, 15) is 0 Å². The number of fused-ring (bicyclic) bond motifs is 1. The third kappa shape index (κ3) is 2.86. The molecular weight excluding hydrogens is 278 g/mol. The van der Waals surface area contributed by atoms with Crippen LogP contribution in [0, 0.1) is 0 Å². The highest BCUT2D eigenvalue weighted by atomic mass is 32.1. The summed E-state index contributed by atoms with van der Waals surface area (Å²) in [7, 11) is 0. The molecule has 0 saturated carbocycles. The molecule has 0 aliphatic heterocycles. The molecule has 0 aliphatic rings. The van der Waals surface area contributed by atoms with Gasteiger partial charge in [0, 0.05) is 14.9 Å². The molecule has 0 aliphatic carbocycles. The summed E-state index contributed by atoms with van der Waals surface area (Å²) in [5.41, 5.74) is 0.0418. The molecule has 0 aromatic carbocycles. The summed E-state index contributed by atoms with van der Waals surface area (Å²) in [6.07, 6.45) is 0. The first-order valence-electron chi connectivity index (χ1n) is 6.06. The maximum Gasteiger partial charge on any atom is 0.257 e. The van der Waals surface area contributed by atoms with Crippen LogP contribution in [0.4, 0.5) is 0 Å². The number of nitrogens with one attached hydrogen (secondary N) is 1. The van der Waals surface area contributed by atoms with E-state index >= 15 is 0 Å². The molecule has 6 heteroatoms. The molecule has 0 spiro atoms.